The van der Waals surface area contributed by atoms with Gasteiger partial charge in [0.25, 0.3) is 0 Å². The summed E-state index contributed by atoms with van der Waals surface area (Å²) in [6.07, 6.45) is -0.769. The molecule has 2 rings (SSSR count). The van der Waals surface area contributed by atoms with Crippen molar-refractivity contribution in [1.29, 1.82) is 0 Å². The zero-order chi connectivity index (χ0) is 12.3. The van der Waals surface area contributed by atoms with Gasteiger partial charge in [0.15, 0.2) is 6.10 Å². The molecule has 0 aromatic heterocycles. The Morgan fingerprint density at radius 2 is 2.24 bits per heavy atom. The number of carbonyl (C=O) groups is 1. The minimum Gasteiger partial charge on any atom is -0.508 e. The molecule has 1 aliphatic rings. The predicted molar refractivity (Wildman–Crippen MR) is 60.8 cm³/mol. The Hall–Kier alpha value is -1.59. The molecule has 1 saturated heterocycles. The number of phenolic OH excluding ortho intramolecular Hbond substituents is 1. The van der Waals surface area contributed by atoms with Crippen molar-refractivity contribution in [2.24, 2.45) is 0 Å². The van der Waals surface area contributed by atoms with E-state index in [4.69, 9.17) is 9.84 Å². The van der Waals surface area contributed by atoms with Gasteiger partial charge in [0.2, 0.25) is 0 Å². The van der Waals surface area contributed by atoms with Gasteiger partial charge in [-0.15, -0.1) is 0 Å². The topological polar surface area (TPSA) is 70.0 Å². The van der Waals surface area contributed by atoms with Gasteiger partial charge in [-0.3, -0.25) is 4.90 Å². The van der Waals surface area contributed by atoms with E-state index in [0.29, 0.717) is 26.2 Å². The third-order valence-electron chi connectivity index (χ3n) is 2.81. The molecule has 0 radical (unpaired) electrons. The van der Waals surface area contributed by atoms with Gasteiger partial charge in [0.1, 0.15) is 5.75 Å². The van der Waals surface area contributed by atoms with Crippen molar-refractivity contribution in [3.63, 3.8) is 0 Å². The first kappa shape index (κ1) is 11.9. The molecule has 1 aromatic rings. The number of morpholine rings is 1. The van der Waals surface area contributed by atoms with Crippen LogP contribution in [0.1, 0.15) is 5.56 Å². The largest absolute Gasteiger partial charge is 0.508 e. The Labute approximate surface area is 99.2 Å². The van der Waals surface area contributed by atoms with Gasteiger partial charge in [-0.25, -0.2) is 4.79 Å². The Balaban J connectivity index is 1.99. The van der Waals surface area contributed by atoms with Crippen LogP contribution in [0.15, 0.2) is 24.3 Å². The van der Waals surface area contributed by atoms with Crippen LogP contribution in [0.25, 0.3) is 0 Å². The van der Waals surface area contributed by atoms with Crippen LogP contribution in [0.3, 0.4) is 0 Å². The molecule has 5 nitrogen and oxygen atoms in total. The first-order valence-electron chi connectivity index (χ1n) is 5.50. The number of para-hydroxylation sites is 1. The van der Waals surface area contributed by atoms with Gasteiger partial charge in [0.05, 0.1) is 6.61 Å². The molecule has 0 aliphatic carbocycles. The van der Waals surface area contributed by atoms with Crippen LogP contribution in [0, 0.1) is 0 Å². The van der Waals surface area contributed by atoms with E-state index in [2.05, 4.69) is 0 Å². The number of aliphatic carboxylic acids is 1. The lowest BCUT2D eigenvalue weighted by Crippen LogP contribution is -2.45. The fourth-order valence-corrected chi connectivity index (χ4v) is 1.88. The highest BCUT2D eigenvalue weighted by molar-refractivity contribution is 5.72. The maximum Gasteiger partial charge on any atom is 0.334 e. The molecule has 1 atom stereocenters. The molecule has 0 spiro atoms. The van der Waals surface area contributed by atoms with Crippen molar-refractivity contribution >= 4 is 5.97 Å². The highest BCUT2D eigenvalue weighted by atomic mass is 16.5. The van der Waals surface area contributed by atoms with Crippen LogP contribution in [0.2, 0.25) is 0 Å². The van der Waals surface area contributed by atoms with E-state index in [-0.39, 0.29) is 5.75 Å². The van der Waals surface area contributed by atoms with Crippen molar-refractivity contribution in [3.8, 4) is 5.75 Å². The number of benzene rings is 1. The molecule has 2 N–H and O–H groups in total. The number of phenols is 1. The van der Waals surface area contributed by atoms with E-state index in [1.807, 2.05) is 17.0 Å². The van der Waals surface area contributed by atoms with Crippen molar-refractivity contribution in [1.82, 2.24) is 4.90 Å². The molecular weight excluding hydrogens is 222 g/mol. The molecular formula is C12H15NO4. The lowest BCUT2D eigenvalue weighted by atomic mass is 10.1. The van der Waals surface area contributed by atoms with Crippen LogP contribution >= 0.6 is 0 Å². The molecule has 1 aromatic carbocycles. The Bertz CT molecular complexity index is 407. The van der Waals surface area contributed by atoms with Crippen molar-refractivity contribution in [2.75, 3.05) is 19.7 Å². The van der Waals surface area contributed by atoms with Gasteiger partial charge in [-0.05, 0) is 6.07 Å². The van der Waals surface area contributed by atoms with Crippen LogP contribution in [-0.2, 0) is 16.1 Å². The van der Waals surface area contributed by atoms with E-state index in [1.54, 1.807) is 12.1 Å². The molecule has 0 amide bonds. The van der Waals surface area contributed by atoms with Crippen molar-refractivity contribution < 1.29 is 19.7 Å². The van der Waals surface area contributed by atoms with Gasteiger partial charge in [-0.2, -0.15) is 0 Å². The molecule has 17 heavy (non-hydrogen) atoms. The Morgan fingerprint density at radius 3 is 2.94 bits per heavy atom. The molecule has 1 unspecified atom stereocenters. The third-order valence-corrected chi connectivity index (χ3v) is 2.81. The summed E-state index contributed by atoms with van der Waals surface area (Å²) in [5.74, 6) is -0.696. The fourth-order valence-electron chi connectivity index (χ4n) is 1.88. The summed E-state index contributed by atoms with van der Waals surface area (Å²) in [5.41, 5.74) is 0.804. The Kier molecular flexibility index (Phi) is 3.61. The quantitative estimate of drug-likeness (QED) is 0.809. The monoisotopic (exact) mass is 237 g/mol. The van der Waals surface area contributed by atoms with Gasteiger partial charge in [0, 0.05) is 25.2 Å². The van der Waals surface area contributed by atoms with E-state index >= 15 is 0 Å². The summed E-state index contributed by atoms with van der Waals surface area (Å²) in [5, 5.41) is 18.5. The number of carboxylic acids is 1. The van der Waals surface area contributed by atoms with Gasteiger partial charge in [-0.1, -0.05) is 18.2 Å². The molecule has 92 valence electrons. The lowest BCUT2D eigenvalue weighted by molar-refractivity contribution is -0.156. The normalized spacial score (nSPS) is 21.3. The number of carboxylic acid groups (broad SMARTS) is 1. The predicted octanol–water partition coefficient (Wildman–Crippen LogP) is 0.678. The second-order valence-corrected chi connectivity index (χ2v) is 4.06. The maximum atomic E-state index is 10.8. The SMILES string of the molecule is O=C(O)C1CN(Cc2ccccc2O)CCO1. The van der Waals surface area contributed by atoms with Gasteiger partial charge < -0.3 is 14.9 Å². The molecule has 1 fully saturated rings. The summed E-state index contributed by atoms with van der Waals surface area (Å²) in [6.45, 7) is 1.98. The summed E-state index contributed by atoms with van der Waals surface area (Å²) in [6, 6.07) is 7.08. The second kappa shape index (κ2) is 5.16. The van der Waals surface area contributed by atoms with E-state index < -0.39 is 12.1 Å². The van der Waals surface area contributed by atoms with Gasteiger partial charge >= 0.3 is 5.97 Å². The van der Waals surface area contributed by atoms with Crippen LogP contribution in [0.4, 0.5) is 0 Å². The highest BCUT2D eigenvalue weighted by Gasteiger charge is 2.26. The summed E-state index contributed by atoms with van der Waals surface area (Å²) >= 11 is 0. The second-order valence-electron chi connectivity index (χ2n) is 4.06. The molecule has 0 saturated carbocycles. The van der Waals surface area contributed by atoms with Crippen LogP contribution < -0.4 is 0 Å². The smallest absolute Gasteiger partial charge is 0.334 e. The maximum absolute atomic E-state index is 10.8. The highest BCUT2D eigenvalue weighted by Crippen LogP contribution is 2.19. The average molecular weight is 237 g/mol. The van der Waals surface area contributed by atoms with Crippen molar-refractivity contribution in [3.05, 3.63) is 29.8 Å². The van der Waals surface area contributed by atoms with Crippen molar-refractivity contribution in [2.45, 2.75) is 12.6 Å². The van der Waals surface area contributed by atoms with E-state index in [9.17, 15) is 9.90 Å². The summed E-state index contributed by atoms with van der Waals surface area (Å²) in [4.78, 5) is 12.8. The number of rotatable bonds is 3. The average Bonchev–Trinajstić information content (AvgIpc) is 2.32. The summed E-state index contributed by atoms with van der Waals surface area (Å²) < 4.78 is 5.13. The number of aromatic hydroxyl groups is 1. The van der Waals surface area contributed by atoms with Crippen LogP contribution in [-0.4, -0.2) is 46.9 Å². The standard InChI is InChI=1S/C12H15NO4/c14-10-4-2-1-3-9(10)7-13-5-6-17-11(8-13)12(15)16/h1-4,11,14H,5-8H2,(H,15,16). The molecule has 5 heteroatoms. The Morgan fingerprint density at radius 1 is 1.47 bits per heavy atom. The number of ether oxygens (including phenoxy) is 1. The minimum atomic E-state index is -0.938. The lowest BCUT2D eigenvalue weighted by Gasteiger charge is -2.30. The van der Waals surface area contributed by atoms with Crippen LogP contribution in [0.5, 0.6) is 5.75 Å². The zero-order valence-corrected chi connectivity index (χ0v) is 9.37. The zero-order valence-electron chi connectivity index (χ0n) is 9.37. The first-order chi connectivity index (χ1) is 8.16. The minimum absolute atomic E-state index is 0.242. The molecule has 1 heterocycles. The molecule has 1 aliphatic heterocycles. The number of nitrogens with zero attached hydrogens (tertiary/aromatic N) is 1. The van der Waals surface area contributed by atoms with E-state index in [0.717, 1.165) is 5.56 Å². The van der Waals surface area contributed by atoms with E-state index in [1.165, 1.54) is 0 Å². The number of hydrogen-bond acceptors (Lipinski definition) is 4. The number of hydrogen-bond donors (Lipinski definition) is 2. The summed E-state index contributed by atoms with van der Waals surface area (Å²) in [7, 11) is 0. The first-order valence-corrected chi connectivity index (χ1v) is 5.50. The fraction of sp³-hybridized carbons (Fsp3) is 0.417. The third kappa shape index (κ3) is 2.95. The molecule has 0 bridgehead atoms.